The van der Waals surface area contributed by atoms with Gasteiger partial charge in [-0.05, 0) is 37.0 Å². The number of hydrogen-bond donors (Lipinski definition) is 1. The van der Waals surface area contributed by atoms with Crippen molar-refractivity contribution in [3.05, 3.63) is 86.5 Å². The fraction of sp³-hybridized carbons (Fsp3) is 0.308. The first-order chi connectivity index (χ1) is 16.6. The summed E-state index contributed by atoms with van der Waals surface area (Å²) in [6, 6.07) is 12.7. The first-order valence-electron chi connectivity index (χ1n) is 11.3. The highest BCUT2D eigenvalue weighted by molar-refractivity contribution is 7.18. The minimum Gasteiger partial charge on any atom is -0.493 e. The van der Waals surface area contributed by atoms with Crippen LogP contribution in [0, 0.1) is 5.82 Å². The Labute approximate surface area is 201 Å². The fourth-order valence-corrected chi connectivity index (χ4v) is 5.90. The number of hydrogen-bond acceptors (Lipinski definition) is 6. The molecule has 1 unspecified atom stereocenters. The number of rotatable bonds is 7. The number of aryl methyl sites for hydroxylation is 1. The molecular formula is C26H26FN3O3S. The number of fused-ring (bicyclic) bond motifs is 3. The average molecular weight is 480 g/mol. The Kier molecular flexibility index (Phi) is 6.34. The zero-order chi connectivity index (χ0) is 23.7. The maximum atomic E-state index is 14.1. The molecule has 0 radical (unpaired) electrons. The average Bonchev–Trinajstić information content (AvgIpc) is 3.23. The predicted octanol–water partition coefficient (Wildman–Crippen LogP) is 4.31. The number of aromatic nitrogens is 2. The molecule has 2 heterocycles. The molecule has 34 heavy (non-hydrogen) atoms. The van der Waals surface area contributed by atoms with E-state index in [1.807, 2.05) is 18.2 Å². The number of methoxy groups -OCH3 is 2. The molecule has 1 aliphatic rings. The molecule has 0 aliphatic heterocycles. The van der Waals surface area contributed by atoms with Crippen molar-refractivity contribution in [1.29, 1.82) is 0 Å². The van der Waals surface area contributed by atoms with E-state index in [0.717, 1.165) is 46.7 Å². The second-order valence-electron chi connectivity index (χ2n) is 8.43. The molecule has 0 saturated carbocycles. The number of benzene rings is 2. The summed E-state index contributed by atoms with van der Waals surface area (Å²) in [4.78, 5) is 19.8. The molecule has 0 spiro atoms. The van der Waals surface area contributed by atoms with Gasteiger partial charge in [0.2, 0.25) is 0 Å². The first-order valence-corrected chi connectivity index (χ1v) is 12.1. The minimum atomic E-state index is -0.316. The Morgan fingerprint density at radius 2 is 1.97 bits per heavy atom. The molecule has 1 N–H and O–H groups in total. The van der Waals surface area contributed by atoms with Crippen molar-refractivity contribution in [2.75, 3.05) is 14.2 Å². The molecule has 2 aromatic heterocycles. The lowest BCUT2D eigenvalue weighted by atomic mass is 9.93. The van der Waals surface area contributed by atoms with Crippen molar-refractivity contribution >= 4 is 21.6 Å². The molecular weight excluding hydrogens is 453 g/mol. The van der Waals surface area contributed by atoms with Crippen LogP contribution in [0.1, 0.15) is 28.0 Å². The van der Waals surface area contributed by atoms with E-state index in [-0.39, 0.29) is 24.0 Å². The Bertz CT molecular complexity index is 1400. The predicted molar refractivity (Wildman–Crippen MR) is 132 cm³/mol. The third-order valence-corrected chi connectivity index (χ3v) is 7.56. The van der Waals surface area contributed by atoms with Gasteiger partial charge in [-0.3, -0.25) is 9.36 Å². The van der Waals surface area contributed by atoms with Crippen molar-refractivity contribution in [2.24, 2.45) is 0 Å². The zero-order valence-electron chi connectivity index (χ0n) is 19.1. The van der Waals surface area contributed by atoms with E-state index < -0.39 is 0 Å². The summed E-state index contributed by atoms with van der Waals surface area (Å²) in [6.07, 6.45) is 4.11. The van der Waals surface area contributed by atoms with Crippen molar-refractivity contribution < 1.29 is 13.9 Å². The summed E-state index contributed by atoms with van der Waals surface area (Å²) in [5, 5.41) is 4.33. The van der Waals surface area contributed by atoms with Crippen molar-refractivity contribution in [1.82, 2.24) is 14.9 Å². The number of para-hydroxylation sites is 1. The van der Waals surface area contributed by atoms with Crippen LogP contribution < -0.4 is 20.3 Å². The molecule has 0 bridgehead atoms. The number of ether oxygens (including phenoxy) is 2. The normalized spacial score (nSPS) is 15.3. The van der Waals surface area contributed by atoms with Crippen LogP contribution >= 0.6 is 11.3 Å². The second-order valence-corrected chi connectivity index (χ2v) is 9.51. The van der Waals surface area contributed by atoms with Crippen LogP contribution in [0.5, 0.6) is 11.5 Å². The molecule has 2 aromatic carbocycles. The zero-order valence-corrected chi connectivity index (χ0v) is 20.0. The molecule has 0 saturated heterocycles. The summed E-state index contributed by atoms with van der Waals surface area (Å²) in [5.74, 6) is 1.15. The minimum absolute atomic E-state index is 0.0988. The van der Waals surface area contributed by atoms with Crippen LogP contribution in [-0.2, 0) is 25.9 Å². The van der Waals surface area contributed by atoms with Gasteiger partial charge in [-0.25, -0.2) is 9.37 Å². The summed E-state index contributed by atoms with van der Waals surface area (Å²) in [7, 11) is 3.29. The monoisotopic (exact) mass is 479 g/mol. The van der Waals surface area contributed by atoms with Crippen LogP contribution in [0.3, 0.4) is 0 Å². The lowest BCUT2D eigenvalue weighted by Crippen LogP contribution is -2.34. The summed E-state index contributed by atoms with van der Waals surface area (Å²) in [5.41, 5.74) is 2.52. The van der Waals surface area contributed by atoms with Gasteiger partial charge in [0.1, 0.15) is 10.6 Å². The molecule has 5 rings (SSSR count). The van der Waals surface area contributed by atoms with Gasteiger partial charge in [-0.15, -0.1) is 11.3 Å². The molecule has 6 nitrogen and oxygen atoms in total. The molecule has 0 amide bonds. The largest absolute Gasteiger partial charge is 0.493 e. The van der Waals surface area contributed by atoms with E-state index in [1.165, 1.54) is 21.8 Å². The SMILES string of the molecule is COc1cccc(CNC2CCc3c(sc4ncn(Cc5ccccc5F)c(=O)c34)C2)c1OC. The number of nitrogens with one attached hydrogen (secondary N) is 1. The first kappa shape index (κ1) is 22.6. The van der Waals surface area contributed by atoms with E-state index in [2.05, 4.69) is 10.3 Å². The Morgan fingerprint density at radius 1 is 1.15 bits per heavy atom. The van der Waals surface area contributed by atoms with Crippen LogP contribution in [0.15, 0.2) is 53.6 Å². The van der Waals surface area contributed by atoms with Crippen molar-refractivity contribution in [3.63, 3.8) is 0 Å². The van der Waals surface area contributed by atoms with Crippen molar-refractivity contribution in [2.45, 2.75) is 38.4 Å². The van der Waals surface area contributed by atoms with Crippen LogP contribution in [0.2, 0.25) is 0 Å². The van der Waals surface area contributed by atoms with E-state index in [0.29, 0.717) is 17.5 Å². The Hall–Kier alpha value is -3.23. The van der Waals surface area contributed by atoms with Gasteiger partial charge in [0.15, 0.2) is 11.5 Å². The van der Waals surface area contributed by atoms with Gasteiger partial charge in [0.05, 0.1) is 32.5 Å². The van der Waals surface area contributed by atoms with Gasteiger partial charge in [-0.2, -0.15) is 0 Å². The van der Waals surface area contributed by atoms with Gasteiger partial charge < -0.3 is 14.8 Å². The van der Waals surface area contributed by atoms with Gasteiger partial charge in [0, 0.05) is 28.6 Å². The highest BCUT2D eigenvalue weighted by atomic mass is 32.1. The molecule has 1 aliphatic carbocycles. The van der Waals surface area contributed by atoms with E-state index in [1.54, 1.807) is 43.8 Å². The molecule has 0 fully saturated rings. The molecule has 176 valence electrons. The lowest BCUT2D eigenvalue weighted by molar-refractivity contribution is 0.349. The van der Waals surface area contributed by atoms with Crippen LogP contribution in [0.25, 0.3) is 10.2 Å². The topological polar surface area (TPSA) is 65.4 Å². The number of halogens is 1. The third-order valence-electron chi connectivity index (χ3n) is 6.40. The summed E-state index contributed by atoms with van der Waals surface area (Å²) < 4.78 is 26.6. The second kappa shape index (κ2) is 9.56. The summed E-state index contributed by atoms with van der Waals surface area (Å²) >= 11 is 1.59. The van der Waals surface area contributed by atoms with Gasteiger partial charge >= 0.3 is 0 Å². The van der Waals surface area contributed by atoms with E-state index in [9.17, 15) is 9.18 Å². The smallest absolute Gasteiger partial charge is 0.262 e. The van der Waals surface area contributed by atoms with Crippen LogP contribution in [-0.4, -0.2) is 29.8 Å². The maximum Gasteiger partial charge on any atom is 0.262 e. The van der Waals surface area contributed by atoms with Crippen LogP contribution in [0.4, 0.5) is 4.39 Å². The fourth-order valence-electron chi connectivity index (χ4n) is 4.65. The third kappa shape index (κ3) is 4.19. The molecule has 4 aromatic rings. The standard InChI is InChI=1S/C26H26FN3O3S/c1-32-21-9-5-7-16(24(21)33-2)13-28-18-10-11-19-22(12-18)34-25-23(19)26(31)30(15-29-25)14-17-6-3-4-8-20(17)27/h3-9,15,18,28H,10-14H2,1-2H3. The Balaban J connectivity index is 1.36. The van der Waals surface area contributed by atoms with E-state index >= 15 is 0 Å². The highest BCUT2D eigenvalue weighted by Crippen LogP contribution is 2.35. The summed E-state index contributed by atoms with van der Waals surface area (Å²) in [6.45, 7) is 0.838. The van der Waals surface area contributed by atoms with E-state index in [4.69, 9.17) is 9.47 Å². The quantitative estimate of drug-likeness (QED) is 0.428. The molecule has 1 atom stereocenters. The highest BCUT2D eigenvalue weighted by Gasteiger charge is 2.25. The number of nitrogens with zero attached hydrogens (tertiary/aromatic N) is 2. The Morgan fingerprint density at radius 3 is 2.76 bits per heavy atom. The molecule has 8 heteroatoms. The van der Waals surface area contributed by atoms with Crippen molar-refractivity contribution in [3.8, 4) is 11.5 Å². The van der Waals surface area contributed by atoms with Gasteiger partial charge in [0.25, 0.3) is 5.56 Å². The van der Waals surface area contributed by atoms with Gasteiger partial charge in [-0.1, -0.05) is 30.3 Å². The maximum absolute atomic E-state index is 14.1. The number of thiophene rings is 1. The lowest BCUT2D eigenvalue weighted by Gasteiger charge is -2.24.